The van der Waals surface area contributed by atoms with Gasteiger partial charge in [-0.2, -0.15) is 20.2 Å². The number of amides is 1. The molecule has 5 aliphatic rings. The Labute approximate surface area is 475 Å². The molecule has 20 heteroatoms. The minimum atomic E-state index is -0.782. The van der Waals surface area contributed by atoms with Crippen LogP contribution in [0.4, 0.5) is 5.82 Å². The van der Waals surface area contributed by atoms with Gasteiger partial charge in [-0.15, -0.1) is 11.3 Å². The van der Waals surface area contributed by atoms with Gasteiger partial charge in [-0.3, -0.25) is 19.4 Å². The number of aliphatic hydroxyl groups excluding tert-OH is 1. The molecule has 6 aromatic heterocycles. The van der Waals surface area contributed by atoms with Crippen molar-refractivity contribution in [3.05, 3.63) is 123 Å². The van der Waals surface area contributed by atoms with E-state index in [0.717, 1.165) is 122 Å². The van der Waals surface area contributed by atoms with Crippen molar-refractivity contribution in [1.29, 1.82) is 0 Å². The standard InChI is InChI=1S/C62H63N13O6S/c1-31(2)55(61(78)74-27-40(76)21-50(74)58-64-25-49(67-58)36-9-11-37(12-10-36)57-33(4)65-30-82-57)75-28-46-42-13-6-34(19-48(42)68-60(77)54(46)72-75)29-80-56-52(51-32(3)5-14-47-45(51)24-66-71-47)43(35-7-8-35)22-44-53(56)69-62(81-41-15-17-79-18-16-41)70-59(44)73-26-38-20-39(73)23-63-38/h5-6,9-14,19,22,24-25,28,30-31,35,38-41,50,55,63,76H,7-8,15-18,20-21,23,26-27,29H2,1-4H3,(H,64,67)(H,66,71)(H,68,77)/t38-,39-,40+,50-,55?/m0/s1. The van der Waals surface area contributed by atoms with Crippen LogP contribution in [0.15, 0.2) is 89.6 Å². The van der Waals surface area contributed by atoms with E-state index in [2.05, 4.69) is 72.6 Å². The maximum atomic E-state index is 15.0. The Balaban J connectivity index is 0.771. The molecule has 1 unspecified atom stereocenters. The zero-order valence-corrected chi connectivity index (χ0v) is 46.9. The van der Waals surface area contributed by atoms with E-state index in [0.29, 0.717) is 71.6 Å². The lowest BCUT2D eigenvalue weighted by molar-refractivity contribution is -0.137. The molecule has 4 aromatic carbocycles. The molecule has 4 saturated heterocycles. The van der Waals surface area contributed by atoms with Crippen LogP contribution in [0.1, 0.15) is 98.6 Å². The Morgan fingerprint density at radius 2 is 1.71 bits per heavy atom. The molecule has 1 amide bonds. The Morgan fingerprint density at radius 3 is 2.48 bits per heavy atom. The minimum absolute atomic E-state index is 0.0784. The number of aromatic amines is 3. The van der Waals surface area contributed by atoms with Gasteiger partial charge in [-0.05, 0) is 96.5 Å². The highest BCUT2D eigenvalue weighted by Gasteiger charge is 2.43. The first-order valence-corrected chi connectivity index (χ1v) is 29.6. The summed E-state index contributed by atoms with van der Waals surface area (Å²) in [5, 5.41) is 30.7. The van der Waals surface area contributed by atoms with E-state index < -0.39 is 18.2 Å². The van der Waals surface area contributed by atoms with Gasteiger partial charge in [0.2, 0.25) is 5.91 Å². The molecule has 0 spiro atoms. The van der Waals surface area contributed by atoms with Crippen molar-refractivity contribution < 1.29 is 24.1 Å². The molecule has 418 valence electrons. The number of H-pyrrole nitrogens is 3. The van der Waals surface area contributed by atoms with Crippen LogP contribution in [0.3, 0.4) is 0 Å². The van der Waals surface area contributed by atoms with Crippen LogP contribution in [-0.2, 0) is 16.1 Å². The molecule has 2 bridgehead atoms. The number of carbonyl (C=O) groups excluding carboxylic acids is 1. The number of β-amino-alcohol motifs (C(OH)–C–C–N with tert-alkyl or cyclic N) is 1. The summed E-state index contributed by atoms with van der Waals surface area (Å²) in [6.07, 6.45) is 9.68. The highest BCUT2D eigenvalue weighted by Crippen LogP contribution is 2.53. The predicted molar refractivity (Wildman–Crippen MR) is 314 cm³/mol. The largest absolute Gasteiger partial charge is 0.486 e. The number of thiazole rings is 1. The lowest BCUT2D eigenvalue weighted by atomic mass is 9.89. The van der Waals surface area contributed by atoms with E-state index in [1.54, 1.807) is 27.1 Å². The zero-order valence-electron chi connectivity index (χ0n) is 46.1. The van der Waals surface area contributed by atoms with Crippen LogP contribution in [0.2, 0.25) is 0 Å². The molecule has 4 aliphatic heterocycles. The number of aryl methyl sites for hydroxylation is 2. The molecule has 0 radical (unpaired) electrons. The lowest BCUT2D eigenvalue weighted by Crippen LogP contribution is -2.44. The van der Waals surface area contributed by atoms with Crippen molar-refractivity contribution in [2.75, 3.05) is 37.7 Å². The van der Waals surface area contributed by atoms with Gasteiger partial charge in [0.1, 0.15) is 35.9 Å². The van der Waals surface area contributed by atoms with Gasteiger partial charge in [-0.1, -0.05) is 56.3 Å². The number of rotatable bonds is 14. The number of ether oxygens (including phenoxy) is 3. The molecule has 10 aromatic rings. The summed E-state index contributed by atoms with van der Waals surface area (Å²) >= 11 is 1.61. The van der Waals surface area contributed by atoms with Gasteiger partial charge in [-0.25, -0.2) is 9.97 Å². The molecule has 5 atom stereocenters. The second kappa shape index (κ2) is 20.1. The number of hydrogen-bond donors (Lipinski definition) is 5. The fourth-order valence-electron chi connectivity index (χ4n) is 13.3. The first kappa shape index (κ1) is 50.9. The maximum absolute atomic E-state index is 15.0. The Morgan fingerprint density at radius 1 is 0.866 bits per heavy atom. The number of nitrogens with one attached hydrogen (secondary N) is 4. The normalized spacial score (nSPS) is 20.7. The van der Waals surface area contributed by atoms with Crippen LogP contribution in [0.25, 0.3) is 76.4 Å². The third-order valence-electron chi connectivity index (χ3n) is 17.6. The number of carbonyl (C=O) groups is 1. The molecular weight excluding hydrogens is 1050 g/mol. The number of hydrogen-bond acceptors (Lipinski definition) is 15. The number of aliphatic hydroxyl groups is 1. The SMILES string of the molecule is Cc1ccc2[nH]ncc2c1-c1c(C2CC2)cc2c(N3C[C@@H]4C[C@H]3CN4)nc(OC3CCOCC3)nc2c1OCc1ccc2c(c1)[nH]c(=O)c1nn(C(C(=O)N3C[C@H](O)C[C@H]3c3ncc(-c4ccc(-c5scnc5C)cc4)[nH]3)C(C)C)cc12. The Hall–Kier alpha value is -8.04. The van der Waals surface area contributed by atoms with Crippen LogP contribution >= 0.6 is 11.3 Å². The highest BCUT2D eigenvalue weighted by atomic mass is 32.1. The molecule has 5 N–H and O–H groups in total. The minimum Gasteiger partial charge on any atom is -0.486 e. The summed E-state index contributed by atoms with van der Waals surface area (Å²) in [6.45, 7) is 11.4. The number of likely N-dealkylation sites (tertiary alicyclic amines) is 1. The third-order valence-corrected chi connectivity index (χ3v) is 18.6. The monoisotopic (exact) mass is 1120 g/mol. The van der Waals surface area contributed by atoms with E-state index in [9.17, 15) is 14.7 Å². The van der Waals surface area contributed by atoms with Crippen molar-refractivity contribution in [3.8, 4) is 44.6 Å². The van der Waals surface area contributed by atoms with E-state index >= 15 is 0 Å². The Bertz CT molecular complexity index is 4190. The quantitative estimate of drug-likeness (QED) is 0.0683. The van der Waals surface area contributed by atoms with Gasteiger partial charge in [0.05, 0.1) is 65.0 Å². The highest BCUT2D eigenvalue weighted by molar-refractivity contribution is 7.13. The van der Waals surface area contributed by atoms with Crippen molar-refractivity contribution in [1.82, 2.24) is 60.1 Å². The Kier molecular flexibility index (Phi) is 12.5. The van der Waals surface area contributed by atoms with Gasteiger partial charge in [0, 0.05) is 89.8 Å². The van der Waals surface area contributed by atoms with E-state index in [1.165, 1.54) is 5.56 Å². The van der Waals surface area contributed by atoms with Crippen LogP contribution in [0, 0.1) is 19.8 Å². The molecule has 82 heavy (non-hydrogen) atoms. The number of nitrogens with zero attached hydrogens (tertiary/aromatic N) is 9. The second-order valence-corrected chi connectivity index (χ2v) is 24.3. The number of aromatic nitrogens is 10. The van der Waals surface area contributed by atoms with Crippen molar-refractivity contribution in [3.63, 3.8) is 0 Å². The molecule has 1 saturated carbocycles. The van der Waals surface area contributed by atoms with Gasteiger partial charge >= 0.3 is 6.01 Å². The number of imidazole rings is 1. The number of piperazine rings is 1. The number of anilines is 1. The zero-order chi connectivity index (χ0) is 55.5. The average Bonchev–Trinajstić information content (AvgIpc) is 3.76. The lowest BCUT2D eigenvalue weighted by Gasteiger charge is -2.31. The molecule has 19 nitrogen and oxygen atoms in total. The van der Waals surface area contributed by atoms with Crippen LogP contribution < -0.4 is 25.2 Å². The fraction of sp³-hybridized carbons (Fsp3) is 0.387. The summed E-state index contributed by atoms with van der Waals surface area (Å²) < 4.78 is 21.4. The van der Waals surface area contributed by atoms with E-state index in [4.69, 9.17) is 34.3 Å². The number of fused-ring (bicyclic) bond motifs is 7. The smallest absolute Gasteiger partial charge is 0.319 e. The second-order valence-electron chi connectivity index (χ2n) is 23.4. The van der Waals surface area contributed by atoms with Crippen molar-refractivity contribution in [2.45, 2.75) is 115 Å². The van der Waals surface area contributed by atoms with Crippen LogP contribution in [-0.4, -0.2) is 123 Å². The number of pyridine rings is 1. The summed E-state index contributed by atoms with van der Waals surface area (Å²) in [5.41, 5.74) is 13.0. The van der Waals surface area contributed by atoms with Gasteiger partial charge in [0.25, 0.3) is 5.56 Å². The third kappa shape index (κ3) is 8.88. The molecule has 5 fully saturated rings. The molecule has 10 heterocycles. The first-order chi connectivity index (χ1) is 40.0. The van der Waals surface area contributed by atoms with E-state index in [-0.39, 0.29) is 42.2 Å². The number of benzene rings is 4. The fourth-order valence-corrected chi connectivity index (χ4v) is 14.1. The maximum Gasteiger partial charge on any atom is 0.319 e. The first-order valence-electron chi connectivity index (χ1n) is 28.7. The van der Waals surface area contributed by atoms with Crippen molar-refractivity contribution in [2.24, 2.45) is 5.92 Å². The summed E-state index contributed by atoms with van der Waals surface area (Å²) in [7, 11) is 0. The summed E-state index contributed by atoms with van der Waals surface area (Å²) in [5.74, 6) is 2.01. The topological polar surface area (TPSA) is 230 Å². The molecule has 1 aliphatic carbocycles. The van der Waals surface area contributed by atoms with Gasteiger partial charge < -0.3 is 44.4 Å². The summed E-state index contributed by atoms with van der Waals surface area (Å²) in [4.78, 5) is 60.8. The molecule has 15 rings (SSSR count). The average molecular weight is 1120 g/mol. The molecular formula is C62H63N13O6S. The van der Waals surface area contributed by atoms with E-state index in [1.807, 2.05) is 69.0 Å². The summed E-state index contributed by atoms with van der Waals surface area (Å²) in [6, 6.07) is 20.5. The van der Waals surface area contributed by atoms with Crippen LogP contribution in [0.5, 0.6) is 11.8 Å². The van der Waals surface area contributed by atoms with Crippen molar-refractivity contribution >= 4 is 66.7 Å². The van der Waals surface area contributed by atoms with Gasteiger partial charge in [0.15, 0.2) is 11.3 Å². The predicted octanol–water partition coefficient (Wildman–Crippen LogP) is 9.59.